The van der Waals surface area contributed by atoms with E-state index in [1.807, 2.05) is 6.92 Å². The van der Waals surface area contributed by atoms with Gasteiger partial charge < -0.3 is 15.2 Å². The molecule has 1 aromatic heterocycles. The van der Waals surface area contributed by atoms with Gasteiger partial charge in [0.2, 0.25) is 0 Å². The fourth-order valence-corrected chi connectivity index (χ4v) is 1.82. The Morgan fingerprint density at radius 2 is 2.17 bits per heavy atom. The van der Waals surface area contributed by atoms with Gasteiger partial charge in [0.05, 0.1) is 10.5 Å². The number of aliphatic carboxylic acids is 1. The topological polar surface area (TPSA) is 73.3 Å². The third-order valence-electron chi connectivity index (χ3n) is 2.16. The van der Waals surface area contributed by atoms with E-state index in [0.717, 1.165) is 21.8 Å². The smallest absolute Gasteiger partial charge is 0.303 e. The van der Waals surface area contributed by atoms with Crippen molar-refractivity contribution >= 4 is 44.4 Å². The molecule has 2 aromatic rings. The normalized spacial score (nSPS) is 9.94. The maximum atomic E-state index is 9.60. The Morgan fingerprint density at radius 1 is 1.50 bits per heavy atom. The van der Waals surface area contributed by atoms with E-state index in [1.54, 1.807) is 12.1 Å². The molecule has 0 bridgehead atoms. The van der Waals surface area contributed by atoms with E-state index in [4.69, 9.17) is 16.7 Å². The molecule has 0 unspecified atom stereocenters. The number of H-pyrrole nitrogens is 1. The van der Waals surface area contributed by atoms with Crippen LogP contribution in [0.3, 0.4) is 0 Å². The van der Waals surface area contributed by atoms with Crippen LogP contribution in [0.25, 0.3) is 10.9 Å². The van der Waals surface area contributed by atoms with Crippen molar-refractivity contribution in [3.8, 4) is 5.75 Å². The summed E-state index contributed by atoms with van der Waals surface area (Å²) in [7, 11) is 0. The Bertz CT molecular complexity index is 553. The number of fused-ring (bicyclic) bond motifs is 1. The molecule has 0 aliphatic rings. The standard InChI is InChI=1S/C8H5BrClNO.C4H8O2/c9-5-1-4-7(2-6(5)10)11-3-8(4)12;1-2-3-4(5)6/h1-3,11-12H;2-3H2,1H3,(H,5,6). The highest BCUT2D eigenvalue weighted by atomic mass is 79.9. The number of nitrogens with one attached hydrogen (secondary N) is 1. The van der Waals surface area contributed by atoms with Crippen LogP contribution in [0.4, 0.5) is 0 Å². The summed E-state index contributed by atoms with van der Waals surface area (Å²) >= 11 is 9.13. The van der Waals surface area contributed by atoms with Crippen LogP contribution < -0.4 is 0 Å². The molecule has 98 valence electrons. The van der Waals surface area contributed by atoms with E-state index in [2.05, 4.69) is 20.9 Å². The molecular formula is C12H13BrClNO3. The molecule has 0 aliphatic carbocycles. The zero-order valence-electron chi connectivity index (χ0n) is 9.70. The monoisotopic (exact) mass is 333 g/mol. The molecule has 3 N–H and O–H groups in total. The van der Waals surface area contributed by atoms with Crippen LogP contribution in [0, 0.1) is 0 Å². The predicted octanol–water partition coefficient (Wildman–Crippen LogP) is 4.16. The van der Waals surface area contributed by atoms with Crippen LogP contribution in [0.15, 0.2) is 22.8 Å². The third kappa shape index (κ3) is 3.92. The number of halogens is 2. The number of aromatic hydroxyl groups is 1. The third-order valence-corrected chi connectivity index (χ3v) is 3.36. The molecule has 0 fully saturated rings. The number of carbonyl (C=O) groups is 1. The van der Waals surface area contributed by atoms with E-state index in [9.17, 15) is 9.90 Å². The number of hydrogen-bond acceptors (Lipinski definition) is 2. The Labute approximate surface area is 118 Å². The Hall–Kier alpha value is -1.20. The molecule has 6 heteroatoms. The Morgan fingerprint density at radius 3 is 2.67 bits per heavy atom. The Kier molecular flexibility index (Phi) is 5.50. The molecule has 4 nitrogen and oxygen atoms in total. The second-order valence-electron chi connectivity index (χ2n) is 3.63. The largest absolute Gasteiger partial charge is 0.506 e. The van der Waals surface area contributed by atoms with E-state index in [-0.39, 0.29) is 5.75 Å². The number of benzene rings is 1. The van der Waals surface area contributed by atoms with Crippen molar-refractivity contribution in [1.82, 2.24) is 4.98 Å². The van der Waals surface area contributed by atoms with E-state index < -0.39 is 5.97 Å². The van der Waals surface area contributed by atoms with Crippen LogP contribution in [0.2, 0.25) is 5.02 Å². The first kappa shape index (κ1) is 14.9. The minimum atomic E-state index is -0.711. The van der Waals surface area contributed by atoms with Gasteiger partial charge in [-0.3, -0.25) is 4.79 Å². The average Bonchev–Trinajstić information content (AvgIpc) is 2.62. The van der Waals surface area contributed by atoms with E-state index in [0.29, 0.717) is 11.4 Å². The van der Waals surface area contributed by atoms with Crippen molar-refractivity contribution in [1.29, 1.82) is 0 Å². The molecule has 0 saturated heterocycles. The van der Waals surface area contributed by atoms with Gasteiger partial charge in [0, 0.05) is 22.5 Å². The maximum absolute atomic E-state index is 9.60. The number of rotatable bonds is 2. The molecular weight excluding hydrogens is 321 g/mol. The Balaban J connectivity index is 0.000000232. The quantitative estimate of drug-likeness (QED) is 0.772. The van der Waals surface area contributed by atoms with Crippen LogP contribution in [-0.2, 0) is 4.79 Å². The van der Waals surface area contributed by atoms with Crippen molar-refractivity contribution in [2.45, 2.75) is 19.8 Å². The second kappa shape index (κ2) is 6.66. The number of carboxylic acid groups (broad SMARTS) is 1. The first-order valence-corrected chi connectivity index (χ1v) is 6.49. The highest BCUT2D eigenvalue weighted by molar-refractivity contribution is 9.10. The summed E-state index contributed by atoms with van der Waals surface area (Å²) in [5.41, 5.74) is 0.834. The lowest BCUT2D eigenvalue weighted by atomic mass is 10.2. The van der Waals surface area contributed by atoms with Gasteiger partial charge in [0.15, 0.2) is 0 Å². The molecule has 1 aromatic carbocycles. The van der Waals surface area contributed by atoms with Gasteiger partial charge in [-0.25, -0.2) is 0 Å². The second-order valence-corrected chi connectivity index (χ2v) is 4.89. The van der Waals surface area contributed by atoms with Crippen LogP contribution >= 0.6 is 27.5 Å². The van der Waals surface area contributed by atoms with Gasteiger partial charge >= 0.3 is 5.97 Å². The molecule has 0 atom stereocenters. The summed E-state index contributed by atoms with van der Waals surface area (Å²) < 4.78 is 0.784. The van der Waals surface area contributed by atoms with Gasteiger partial charge in [0.25, 0.3) is 0 Å². The summed E-state index contributed by atoms with van der Waals surface area (Å²) in [6.07, 6.45) is 2.56. The first-order valence-electron chi connectivity index (χ1n) is 5.32. The fourth-order valence-electron chi connectivity index (χ4n) is 1.32. The van der Waals surface area contributed by atoms with Gasteiger partial charge in [-0.15, -0.1) is 0 Å². The minimum absolute atomic E-state index is 0.238. The summed E-state index contributed by atoms with van der Waals surface area (Å²) in [5.74, 6) is -0.472. The van der Waals surface area contributed by atoms with Gasteiger partial charge in [-0.05, 0) is 34.5 Å². The van der Waals surface area contributed by atoms with Crippen molar-refractivity contribution in [3.63, 3.8) is 0 Å². The lowest BCUT2D eigenvalue weighted by Crippen LogP contribution is -1.90. The molecule has 0 saturated carbocycles. The van der Waals surface area contributed by atoms with Crippen molar-refractivity contribution in [2.75, 3.05) is 0 Å². The summed E-state index contributed by atoms with van der Waals surface area (Å²) in [4.78, 5) is 12.5. The average molecular weight is 335 g/mol. The number of aromatic nitrogens is 1. The van der Waals surface area contributed by atoms with E-state index in [1.165, 1.54) is 6.20 Å². The van der Waals surface area contributed by atoms with Crippen LogP contribution in [0.5, 0.6) is 5.75 Å². The zero-order chi connectivity index (χ0) is 13.7. The lowest BCUT2D eigenvalue weighted by Gasteiger charge is -1.95. The summed E-state index contributed by atoms with van der Waals surface area (Å²) in [6.45, 7) is 1.84. The molecule has 2 rings (SSSR count). The maximum Gasteiger partial charge on any atom is 0.303 e. The summed E-state index contributed by atoms with van der Waals surface area (Å²) in [6, 6.07) is 3.55. The predicted molar refractivity (Wildman–Crippen MR) is 75.2 cm³/mol. The molecule has 0 radical (unpaired) electrons. The van der Waals surface area contributed by atoms with E-state index >= 15 is 0 Å². The number of carboxylic acids is 1. The summed E-state index contributed by atoms with van der Waals surface area (Å²) in [5, 5.41) is 18.6. The van der Waals surface area contributed by atoms with Crippen molar-refractivity contribution in [2.24, 2.45) is 0 Å². The highest BCUT2D eigenvalue weighted by Crippen LogP contribution is 2.32. The molecule has 0 spiro atoms. The van der Waals surface area contributed by atoms with Crippen molar-refractivity contribution in [3.05, 3.63) is 27.8 Å². The lowest BCUT2D eigenvalue weighted by molar-refractivity contribution is -0.137. The fraction of sp³-hybridized carbons (Fsp3) is 0.250. The van der Waals surface area contributed by atoms with Crippen molar-refractivity contribution < 1.29 is 15.0 Å². The van der Waals surface area contributed by atoms with Crippen LogP contribution in [-0.4, -0.2) is 21.2 Å². The van der Waals surface area contributed by atoms with Gasteiger partial charge in [-0.1, -0.05) is 18.5 Å². The number of aromatic amines is 1. The molecule has 1 heterocycles. The molecule has 0 aliphatic heterocycles. The molecule has 0 amide bonds. The minimum Gasteiger partial charge on any atom is -0.506 e. The highest BCUT2D eigenvalue weighted by Gasteiger charge is 2.05. The zero-order valence-corrected chi connectivity index (χ0v) is 12.0. The van der Waals surface area contributed by atoms with Gasteiger partial charge in [-0.2, -0.15) is 0 Å². The SMILES string of the molecule is CCCC(=O)O.Oc1c[nH]c2cc(Cl)c(Br)cc12. The molecule has 18 heavy (non-hydrogen) atoms. The van der Waals surface area contributed by atoms with Gasteiger partial charge in [0.1, 0.15) is 5.75 Å². The van der Waals surface area contributed by atoms with Crippen LogP contribution in [0.1, 0.15) is 19.8 Å². The first-order chi connectivity index (χ1) is 8.45. The number of hydrogen-bond donors (Lipinski definition) is 3.